The summed E-state index contributed by atoms with van der Waals surface area (Å²) in [4.78, 5) is 21.8. The number of rotatable bonds is 3. The Hall–Kier alpha value is -1.36. The number of aliphatic carboxylic acids is 1. The van der Waals surface area contributed by atoms with Crippen molar-refractivity contribution in [3.63, 3.8) is 0 Å². The van der Waals surface area contributed by atoms with Gasteiger partial charge in [0.05, 0.1) is 17.1 Å². The summed E-state index contributed by atoms with van der Waals surface area (Å²) in [5, 5.41) is 8.60. The second-order valence-electron chi connectivity index (χ2n) is 2.91. The molecule has 1 aromatic carbocycles. The van der Waals surface area contributed by atoms with Crippen LogP contribution >= 0.6 is 15.9 Å². The highest BCUT2D eigenvalue weighted by atomic mass is 79.9. The number of hydrogen-bond acceptors (Lipinski definition) is 3. The van der Waals surface area contributed by atoms with E-state index in [9.17, 15) is 9.59 Å². The maximum absolute atomic E-state index is 11.3. The number of carboxylic acid groups (broad SMARTS) is 1. The molecular formula is C10H9BrO4. The van der Waals surface area contributed by atoms with Crippen molar-refractivity contribution in [1.82, 2.24) is 0 Å². The fourth-order valence-corrected chi connectivity index (χ4v) is 1.66. The molecule has 0 aromatic heterocycles. The van der Waals surface area contributed by atoms with Gasteiger partial charge in [-0.1, -0.05) is 6.07 Å². The average molecular weight is 273 g/mol. The zero-order chi connectivity index (χ0) is 11.6. The average Bonchev–Trinajstić information content (AvgIpc) is 2.20. The number of carboxylic acids is 1. The van der Waals surface area contributed by atoms with Crippen LogP contribution in [0.3, 0.4) is 0 Å². The van der Waals surface area contributed by atoms with Gasteiger partial charge in [-0.3, -0.25) is 4.79 Å². The molecule has 4 nitrogen and oxygen atoms in total. The van der Waals surface area contributed by atoms with Gasteiger partial charge in [0.2, 0.25) is 0 Å². The van der Waals surface area contributed by atoms with Gasteiger partial charge in [-0.25, -0.2) is 4.79 Å². The number of ether oxygens (including phenoxy) is 1. The van der Waals surface area contributed by atoms with Gasteiger partial charge in [0.25, 0.3) is 5.78 Å². The molecule has 80 valence electrons. The number of benzene rings is 1. The quantitative estimate of drug-likeness (QED) is 0.676. The Morgan fingerprint density at radius 3 is 2.47 bits per heavy atom. The maximum atomic E-state index is 11.3. The van der Waals surface area contributed by atoms with Crippen LogP contribution in [0, 0.1) is 6.92 Å². The van der Waals surface area contributed by atoms with Gasteiger partial charge in [-0.05, 0) is 34.5 Å². The summed E-state index contributed by atoms with van der Waals surface area (Å²) in [5.41, 5.74) is 0.913. The van der Waals surface area contributed by atoms with Crippen LogP contribution in [0.2, 0.25) is 0 Å². The summed E-state index contributed by atoms with van der Waals surface area (Å²) in [6, 6.07) is 3.10. The number of halogens is 1. The third-order valence-corrected chi connectivity index (χ3v) is 2.92. The van der Waals surface area contributed by atoms with Crippen molar-refractivity contribution in [2.75, 3.05) is 7.11 Å². The lowest BCUT2D eigenvalue weighted by atomic mass is 10.1. The standard InChI is InChI=1S/C10H9BrO4/c1-5-3-4-6(8(12)10(13)14)9(15-2)7(5)11/h3-4H,1-2H3,(H,13,14). The lowest BCUT2D eigenvalue weighted by molar-refractivity contribution is -0.131. The van der Waals surface area contributed by atoms with Gasteiger partial charge in [-0.2, -0.15) is 0 Å². The van der Waals surface area contributed by atoms with E-state index in [2.05, 4.69) is 15.9 Å². The zero-order valence-electron chi connectivity index (χ0n) is 8.20. The molecule has 5 heteroatoms. The number of carbonyl (C=O) groups excluding carboxylic acids is 1. The number of aryl methyl sites for hydroxylation is 1. The van der Waals surface area contributed by atoms with Gasteiger partial charge in [-0.15, -0.1) is 0 Å². The van der Waals surface area contributed by atoms with Crippen LogP contribution < -0.4 is 4.74 Å². The van der Waals surface area contributed by atoms with Crippen molar-refractivity contribution >= 4 is 27.7 Å². The highest BCUT2D eigenvalue weighted by Crippen LogP contribution is 2.32. The minimum absolute atomic E-state index is 0.0440. The molecule has 0 atom stereocenters. The minimum atomic E-state index is -1.50. The molecule has 0 unspecified atom stereocenters. The Morgan fingerprint density at radius 2 is 2.00 bits per heavy atom. The number of carbonyl (C=O) groups is 2. The van der Waals surface area contributed by atoms with Crippen LogP contribution in [-0.2, 0) is 4.79 Å². The van der Waals surface area contributed by atoms with E-state index in [4.69, 9.17) is 9.84 Å². The van der Waals surface area contributed by atoms with Crippen molar-refractivity contribution in [1.29, 1.82) is 0 Å². The van der Waals surface area contributed by atoms with Gasteiger partial charge >= 0.3 is 5.97 Å². The second-order valence-corrected chi connectivity index (χ2v) is 3.70. The van der Waals surface area contributed by atoms with Crippen molar-refractivity contribution in [2.24, 2.45) is 0 Å². The van der Waals surface area contributed by atoms with E-state index in [1.165, 1.54) is 13.2 Å². The Labute approximate surface area is 95.0 Å². The Bertz CT molecular complexity index is 426. The fourth-order valence-electron chi connectivity index (χ4n) is 1.15. The molecule has 0 heterocycles. The minimum Gasteiger partial charge on any atom is -0.495 e. The third kappa shape index (κ3) is 2.18. The summed E-state index contributed by atoms with van der Waals surface area (Å²) < 4.78 is 5.59. The second kappa shape index (κ2) is 4.44. The SMILES string of the molecule is COc1c(C(=O)C(=O)O)ccc(C)c1Br. The highest BCUT2D eigenvalue weighted by molar-refractivity contribution is 9.10. The third-order valence-electron chi connectivity index (χ3n) is 1.93. The Morgan fingerprint density at radius 1 is 1.40 bits per heavy atom. The van der Waals surface area contributed by atoms with Crippen molar-refractivity contribution in [2.45, 2.75) is 6.92 Å². The lowest BCUT2D eigenvalue weighted by Crippen LogP contribution is -2.14. The molecule has 0 amide bonds. The first-order chi connectivity index (χ1) is 6.99. The molecule has 1 aromatic rings. The molecule has 1 rings (SSSR count). The van der Waals surface area contributed by atoms with Crippen LogP contribution in [0.1, 0.15) is 15.9 Å². The molecule has 0 aliphatic rings. The molecule has 0 bridgehead atoms. The maximum Gasteiger partial charge on any atom is 0.377 e. The predicted molar refractivity (Wildman–Crippen MR) is 57.4 cm³/mol. The van der Waals surface area contributed by atoms with Crippen molar-refractivity contribution in [3.05, 3.63) is 27.7 Å². The molecular weight excluding hydrogens is 264 g/mol. The van der Waals surface area contributed by atoms with E-state index in [1.54, 1.807) is 6.07 Å². The molecule has 0 fully saturated rings. The lowest BCUT2D eigenvalue weighted by Gasteiger charge is -2.09. The molecule has 0 spiro atoms. The molecule has 0 radical (unpaired) electrons. The van der Waals surface area contributed by atoms with Crippen LogP contribution in [0.25, 0.3) is 0 Å². The number of ketones is 1. The molecule has 0 aliphatic heterocycles. The van der Waals surface area contributed by atoms with E-state index >= 15 is 0 Å². The number of hydrogen-bond donors (Lipinski definition) is 1. The van der Waals surface area contributed by atoms with Gasteiger partial charge < -0.3 is 9.84 Å². The van der Waals surface area contributed by atoms with Gasteiger partial charge in [0, 0.05) is 0 Å². The molecule has 0 saturated carbocycles. The van der Waals surface area contributed by atoms with E-state index in [0.717, 1.165) is 5.56 Å². The number of methoxy groups -OCH3 is 1. The van der Waals surface area contributed by atoms with Crippen LogP contribution in [0.5, 0.6) is 5.75 Å². The summed E-state index contributed by atoms with van der Waals surface area (Å²) >= 11 is 3.24. The molecule has 1 N–H and O–H groups in total. The zero-order valence-corrected chi connectivity index (χ0v) is 9.79. The van der Waals surface area contributed by atoms with E-state index in [1.807, 2.05) is 6.92 Å². The summed E-state index contributed by atoms with van der Waals surface area (Å²) in [6.45, 7) is 1.82. The predicted octanol–water partition coefficient (Wildman–Crippen LogP) is 2.03. The normalized spacial score (nSPS) is 9.80. The topological polar surface area (TPSA) is 63.6 Å². The van der Waals surface area contributed by atoms with E-state index < -0.39 is 11.8 Å². The first kappa shape index (κ1) is 11.7. The summed E-state index contributed by atoms with van der Waals surface area (Å²) in [6.07, 6.45) is 0. The fraction of sp³-hybridized carbons (Fsp3) is 0.200. The molecule has 15 heavy (non-hydrogen) atoms. The number of Topliss-reactive ketones (excluding diaryl/α,β-unsaturated/α-hetero) is 1. The van der Waals surface area contributed by atoms with Crippen LogP contribution in [0.4, 0.5) is 0 Å². The van der Waals surface area contributed by atoms with Gasteiger partial charge in [0.15, 0.2) is 0 Å². The van der Waals surface area contributed by atoms with E-state index in [0.29, 0.717) is 4.47 Å². The van der Waals surface area contributed by atoms with Crippen LogP contribution in [0.15, 0.2) is 16.6 Å². The van der Waals surface area contributed by atoms with E-state index in [-0.39, 0.29) is 11.3 Å². The van der Waals surface area contributed by atoms with Crippen LogP contribution in [-0.4, -0.2) is 24.0 Å². The first-order valence-electron chi connectivity index (χ1n) is 4.09. The highest BCUT2D eigenvalue weighted by Gasteiger charge is 2.21. The molecule has 0 aliphatic carbocycles. The summed E-state index contributed by atoms with van der Waals surface area (Å²) in [7, 11) is 1.39. The van der Waals surface area contributed by atoms with Crippen molar-refractivity contribution in [3.8, 4) is 5.75 Å². The smallest absolute Gasteiger partial charge is 0.377 e. The molecule has 0 saturated heterocycles. The largest absolute Gasteiger partial charge is 0.495 e. The van der Waals surface area contributed by atoms with Gasteiger partial charge in [0.1, 0.15) is 5.75 Å². The summed E-state index contributed by atoms with van der Waals surface area (Å²) in [5.74, 6) is -2.22. The first-order valence-corrected chi connectivity index (χ1v) is 4.89. The Kier molecular flexibility index (Phi) is 3.47. The monoisotopic (exact) mass is 272 g/mol. The Balaban J connectivity index is 3.37. The van der Waals surface area contributed by atoms with Crippen molar-refractivity contribution < 1.29 is 19.4 Å².